The van der Waals surface area contributed by atoms with Gasteiger partial charge in [-0.05, 0) is 36.6 Å². The first kappa shape index (κ1) is 23.6. The summed E-state index contributed by atoms with van der Waals surface area (Å²) in [5.74, 6) is -0.375. The molecule has 0 radical (unpaired) electrons. The van der Waals surface area contributed by atoms with Gasteiger partial charge in [-0.1, -0.05) is 0 Å². The van der Waals surface area contributed by atoms with E-state index in [0.717, 1.165) is 15.8 Å². The monoisotopic (exact) mass is 454 g/mol. The van der Waals surface area contributed by atoms with E-state index >= 15 is 0 Å². The van der Waals surface area contributed by atoms with Crippen LogP contribution in [0.25, 0.3) is 0 Å². The highest BCUT2D eigenvalue weighted by Gasteiger charge is 2.57. The van der Waals surface area contributed by atoms with E-state index in [-0.39, 0.29) is 25.5 Å². The van der Waals surface area contributed by atoms with Gasteiger partial charge in [0.2, 0.25) is 17.4 Å². The summed E-state index contributed by atoms with van der Waals surface area (Å²) in [6, 6.07) is 5.32. The number of halogens is 3. The van der Waals surface area contributed by atoms with Gasteiger partial charge in [-0.15, -0.1) is 0 Å². The van der Waals surface area contributed by atoms with Crippen LogP contribution in [0.1, 0.15) is 37.1 Å². The molecule has 1 atom stereocenters. The number of carbonyl (C=O) groups excluding carboxylic acids is 2. The van der Waals surface area contributed by atoms with Crippen LogP contribution in [0.5, 0.6) is 5.75 Å². The maximum atomic E-state index is 13.5. The predicted molar refractivity (Wildman–Crippen MR) is 109 cm³/mol. The molecular formula is C21H25F3N4O4. The zero-order valence-corrected chi connectivity index (χ0v) is 17.5. The molecule has 1 aliphatic heterocycles. The van der Waals surface area contributed by atoms with Gasteiger partial charge in [-0.25, -0.2) is 4.98 Å². The molecule has 0 saturated carbocycles. The summed E-state index contributed by atoms with van der Waals surface area (Å²) in [6.07, 6.45) is -1.75. The Kier molecular flexibility index (Phi) is 7.07. The van der Waals surface area contributed by atoms with Gasteiger partial charge in [0.15, 0.2) is 0 Å². The smallest absolute Gasteiger partial charge is 0.424 e. The van der Waals surface area contributed by atoms with E-state index in [1.807, 2.05) is 6.07 Å². The molecule has 2 heterocycles. The van der Waals surface area contributed by atoms with Crippen molar-refractivity contribution < 1.29 is 32.6 Å². The highest BCUT2D eigenvalue weighted by atomic mass is 19.4. The van der Waals surface area contributed by atoms with Crippen LogP contribution in [0.15, 0.2) is 30.6 Å². The van der Waals surface area contributed by atoms with Crippen molar-refractivity contribution in [3.63, 3.8) is 0 Å². The highest BCUT2D eigenvalue weighted by Crippen LogP contribution is 2.40. The van der Waals surface area contributed by atoms with Crippen molar-refractivity contribution in [2.45, 2.75) is 43.9 Å². The van der Waals surface area contributed by atoms with Crippen molar-refractivity contribution in [1.29, 1.82) is 0 Å². The Bertz CT molecular complexity index is 976. The van der Waals surface area contributed by atoms with E-state index < -0.39 is 29.9 Å². The van der Waals surface area contributed by atoms with E-state index in [1.54, 1.807) is 12.1 Å². The summed E-state index contributed by atoms with van der Waals surface area (Å²) in [6.45, 7) is -0.114. The fourth-order valence-electron chi connectivity index (χ4n) is 3.49. The predicted octanol–water partition coefficient (Wildman–Crippen LogP) is 2.42. The molecule has 1 unspecified atom stereocenters. The number of aromatic nitrogens is 2. The quantitative estimate of drug-likeness (QED) is 0.505. The Morgan fingerprint density at radius 2 is 2.12 bits per heavy atom. The summed E-state index contributed by atoms with van der Waals surface area (Å²) >= 11 is 0. The van der Waals surface area contributed by atoms with Crippen LogP contribution in [0.3, 0.4) is 0 Å². The third-order valence-corrected chi connectivity index (χ3v) is 5.26. The molecule has 174 valence electrons. The number of rotatable bonds is 9. The van der Waals surface area contributed by atoms with Crippen molar-refractivity contribution in [3.05, 3.63) is 42.0 Å². The maximum Gasteiger partial charge on any atom is 0.424 e. The highest BCUT2D eigenvalue weighted by molar-refractivity contribution is 5.94. The first-order chi connectivity index (χ1) is 15.1. The molecule has 2 aromatic rings. The molecule has 1 aromatic heterocycles. The van der Waals surface area contributed by atoms with Crippen LogP contribution in [0.2, 0.25) is 0 Å². The number of benzene rings is 1. The maximum absolute atomic E-state index is 13.5. The summed E-state index contributed by atoms with van der Waals surface area (Å²) < 4.78 is 47.1. The van der Waals surface area contributed by atoms with Gasteiger partial charge in [-0.3, -0.25) is 9.59 Å². The Hall–Kier alpha value is -3.08. The summed E-state index contributed by atoms with van der Waals surface area (Å²) in [7, 11) is 1.36. The molecule has 0 spiro atoms. The van der Waals surface area contributed by atoms with Gasteiger partial charge in [0, 0.05) is 50.9 Å². The molecule has 8 nitrogen and oxygen atoms in total. The Balaban J connectivity index is 1.42. The second kappa shape index (κ2) is 9.60. The van der Waals surface area contributed by atoms with Crippen molar-refractivity contribution in [2.75, 3.05) is 18.5 Å². The molecular weight excluding hydrogens is 429 g/mol. The van der Waals surface area contributed by atoms with Crippen LogP contribution < -0.4 is 15.4 Å². The number of aryl methyl sites for hydroxylation is 2. The zero-order valence-electron chi connectivity index (χ0n) is 17.5. The standard InChI is InChI=1S/C21H25F3N4O4/c1-28-11-10-26-19(28)20(31,21(22,23)24)8-9-25-17(29)3-2-12-32-15-5-6-16-14(13-15)4-7-18(30)27-16/h5-6,10-11,13,31H,2-4,7-9,12H2,1H3,(H,25,29)(H,27,30). The molecule has 0 aliphatic carbocycles. The number of ether oxygens (including phenoxy) is 1. The number of imidazole rings is 1. The molecule has 0 fully saturated rings. The second-order valence-electron chi connectivity index (χ2n) is 7.64. The molecule has 0 bridgehead atoms. The average Bonchev–Trinajstić information content (AvgIpc) is 3.16. The number of nitrogens with one attached hydrogen (secondary N) is 2. The third-order valence-electron chi connectivity index (χ3n) is 5.26. The van der Waals surface area contributed by atoms with Gasteiger partial charge in [0.1, 0.15) is 11.6 Å². The molecule has 0 saturated heterocycles. The van der Waals surface area contributed by atoms with Crippen molar-refractivity contribution >= 4 is 17.5 Å². The zero-order chi connectivity index (χ0) is 23.4. The Morgan fingerprint density at radius 3 is 2.81 bits per heavy atom. The van der Waals surface area contributed by atoms with Crippen molar-refractivity contribution in [2.24, 2.45) is 7.05 Å². The number of hydrogen-bond donors (Lipinski definition) is 3. The topological polar surface area (TPSA) is 105 Å². The SMILES string of the molecule is Cn1ccnc1C(O)(CCNC(=O)CCCOc1ccc2c(c1)CCC(=O)N2)C(F)(F)F. The summed E-state index contributed by atoms with van der Waals surface area (Å²) in [4.78, 5) is 27.0. The van der Waals surface area contributed by atoms with Crippen LogP contribution in [-0.2, 0) is 28.7 Å². The molecule has 3 N–H and O–H groups in total. The first-order valence-electron chi connectivity index (χ1n) is 10.2. The summed E-state index contributed by atoms with van der Waals surface area (Å²) in [5, 5.41) is 15.4. The van der Waals surface area contributed by atoms with E-state index in [2.05, 4.69) is 15.6 Å². The lowest BCUT2D eigenvalue weighted by Crippen LogP contribution is -2.46. The number of amides is 2. The number of anilines is 1. The van der Waals surface area contributed by atoms with Gasteiger partial charge < -0.3 is 25.0 Å². The van der Waals surface area contributed by atoms with Gasteiger partial charge >= 0.3 is 6.18 Å². The second-order valence-corrected chi connectivity index (χ2v) is 7.64. The van der Waals surface area contributed by atoms with E-state index in [9.17, 15) is 27.9 Å². The fourth-order valence-corrected chi connectivity index (χ4v) is 3.49. The number of hydrogen-bond acceptors (Lipinski definition) is 5. The normalized spacial score (nSPS) is 15.5. The largest absolute Gasteiger partial charge is 0.494 e. The number of alkyl halides is 3. The minimum absolute atomic E-state index is 0.0224. The molecule has 11 heteroatoms. The fraction of sp³-hybridized carbons (Fsp3) is 0.476. The lowest BCUT2D eigenvalue weighted by molar-refractivity contribution is -0.272. The number of carbonyl (C=O) groups is 2. The molecule has 1 aliphatic rings. The van der Waals surface area contributed by atoms with Crippen LogP contribution in [0.4, 0.5) is 18.9 Å². The minimum Gasteiger partial charge on any atom is -0.494 e. The van der Waals surface area contributed by atoms with Crippen molar-refractivity contribution in [1.82, 2.24) is 14.9 Å². The van der Waals surface area contributed by atoms with Gasteiger partial charge in [0.25, 0.3) is 0 Å². The minimum atomic E-state index is -4.94. The molecule has 3 rings (SSSR count). The first-order valence-corrected chi connectivity index (χ1v) is 10.2. The number of nitrogens with zero attached hydrogens (tertiary/aromatic N) is 2. The van der Waals surface area contributed by atoms with E-state index in [1.165, 1.54) is 19.4 Å². The lowest BCUT2D eigenvalue weighted by Gasteiger charge is -2.30. The van der Waals surface area contributed by atoms with Crippen molar-refractivity contribution in [3.8, 4) is 5.75 Å². The Labute approximate surface area is 182 Å². The molecule has 1 aromatic carbocycles. The van der Waals surface area contributed by atoms with Crippen LogP contribution in [0, 0.1) is 0 Å². The molecule has 2 amide bonds. The van der Waals surface area contributed by atoms with Crippen LogP contribution >= 0.6 is 0 Å². The van der Waals surface area contributed by atoms with E-state index in [4.69, 9.17) is 4.74 Å². The Morgan fingerprint density at radius 1 is 1.34 bits per heavy atom. The van der Waals surface area contributed by atoms with E-state index in [0.29, 0.717) is 25.0 Å². The summed E-state index contributed by atoms with van der Waals surface area (Å²) in [5.41, 5.74) is -1.42. The lowest BCUT2D eigenvalue weighted by atomic mass is 9.97. The van der Waals surface area contributed by atoms with Crippen LogP contribution in [-0.4, -0.2) is 45.8 Å². The third kappa shape index (κ3) is 5.39. The molecule has 32 heavy (non-hydrogen) atoms. The number of fused-ring (bicyclic) bond motifs is 1. The van der Waals surface area contributed by atoms with Gasteiger partial charge in [0.05, 0.1) is 6.61 Å². The van der Waals surface area contributed by atoms with Gasteiger partial charge in [-0.2, -0.15) is 13.2 Å². The number of aliphatic hydroxyl groups is 1. The average molecular weight is 454 g/mol.